The minimum atomic E-state index is -1.33. The van der Waals surface area contributed by atoms with Gasteiger partial charge >= 0.3 is 11.6 Å². The van der Waals surface area contributed by atoms with Crippen LogP contribution in [0.3, 0.4) is 0 Å². The van der Waals surface area contributed by atoms with Gasteiger partial charge in [-0.2, -0.15) is 0 Å². The van der Waals surface area contributed by atoms with Gasteiger partial charge in [-0.05, 0) is 58.2 Å². The fourth-order valence-electron chi connectivity index (χ4n) is 2.55. The van der Waals surface area contributed by atoms with E-state index in [9.17, 15) is 14.7 Å². The normalized spacial score (nSPS) is 11.6. The summed E-state index contributed by atoms with van der Waals surface area (Å²) in [5.74, 6) is -1.31. The van der Waals surface area contributed by atoms with E-state index in [0.29, 0.717) is 17.4 Å². The van der Waals surface area contributed by atoms with Crippen molar-refractivity contribution < 1.29 is 19.4 Å². The Labute approximate surface area is 145 Å². The third kappa shape index (κ3) is 4.59. The minimum absolute atomic E-state index is 0.0204. The summed E-state index contributed by atoms with van der Waals surface area (Å²) in [6.45, 7) is 6.13. The smallest absolute Gasteiger partial charge is 0.351 e. The number of carboxylic acids is 1. The molecule has 0 saturated heterocycles. The number of benzene rings is 1. The van der Waals surface area contributed by atoms with Gasteiger partial charge in [0.15, 0.2) is 0 Å². The zero-order valence-corrected chi connectivity index (χ0v) is 14.6. The third-order valence-electron chi connectivity index (χ3n) is 3.96. The number of phenolic OH excluding ortho intramolecular Hbond substituents is 1. The highest BCUT2D eigenvalue weighted by Crippen LogP contribution is 2.28. The topological polar surface area (TPSA) is 87.7 Å². The fraction of sp³-hybridized carbons (Fsp3) is 0.300. The van der Waals surface area contributed by atoms with E-state index >= 15 is 0 Å². The fourth-order valence-corrected chi connectivity index (χ4v) is 2.55. The highest BCUT2D eigenvalue weighted by Gasteiger charge is 2.15. The van der Waals surface area contributed by atoms with E-state index in [1.807, 2.05) is 13.0 Å². The quantitative estimate of drug-likeness (QED) is 0.599. The number of hydrogen-bond donors (Lipinski definition) is 2. The number of fused-ring (bicyclic) bond motifs is 1. The van der Waals surface area contributed by atoms with E-state index in [1.165, 1.54) is 29.3 Å². The van der Waals surface area contributed by atoms with Gasteiger partial charge in [0, 0.05) is 10.9 Å². The largest absolute Gasteiger partial charge is 0.508 e. The molecule has 1 aromatic heterocycles. The summed E-state index contributed by atoms with van der Waals surface area (Å²) in [7, 11) is 0. The molecule has 0 saturated carbocycles. The molecule has 0 aliphatic rings. The number of rotatable bonds is 6. The molecule has 0 spiro atoms. The zero-order valence-electron chi connectivity index (χ0n) is 14.6. The van der Waals surface area contributed by atoms with Crippen LogP contribution in [0.25, 0.3) is 11.0 Å². The van der Waals surface area contributed by atoms with Crippen molar-refractivity contribution in [1.82, 2.24) is 0 Å². The van der Waals surface area contributed by atoms with E-state index in [2.05, 4.69) is 19.9 Å². The molecule has 0 atom stereocenters. The highest BCUT2D eigenvalue weighted by molar-refractivity contribution is 5.92. The molecule has 0 aliphatic heterocycles. The first kappa shape index (κ1) is 18.5. The lowest BCUT2D eigenvalue weighted by molar-refractivity contribution is 0.0692. The molecule has 0 fully saturated rings. The van der Waals surface area contributed by atoms with Crippen LogP contribution in [0.1, 0.15) is 49.5 Å². The highest BCUT2D eigenvalue weighted by atomic mass is 16.4. The SMILES string of the molecule is CC(C)=CCCC(C)=CCc1c(O)ccc2cc(C(=O)O)c(=O)oc12. The summed E-state index contributed by atoms with van der Waals surface area (Å²) < 4.78 is 5.18. The maximum absolute atomic E-state index is 11.8. The van der Waals surface area contributed by atoms with E-state index in [1.54, 1.807) is 0 Å². The zero-order chi connectivity index (χ0) is 18.6. The molecule has 0 unspecified atom stereocenters. The lowest BCUT2D eigenvalue weighted by Gasteiger charge is -2.07. The van der Waals surface area contributed by atoms with Crippen LogP contribution in [0, 0.1) is 0 Å². The van der Waals surface area contributed by atoms with Crippen molar-refractivity contribution in [3.63, 3.8) is 0 Å². The summed E-state index contributed by atoms with van der Waals surface area (Å²) in [5.41, 5.74) is 1.80. The monoisotopic (exact) mass is 342 g/mol. The minimum Gasteiger partial charge on any atom is -0.508 e. The van der Waals surface area contributed by atoms with Crippen molar-refractivity contribution in [2.45, 2.75) is 40.0 Å². The first-order chi connectivity index (χ1) is 11.8. The van der Waals surface area contributed by atoms with E-state index in [-0.39, 0.29) is 11.3 Å². The van der Waals surface area contributed by atoms with Gasteiger partial charge in [-0.1, -0.05) is 23.3 Å². The summed E-state index contributed by atoms with van der Waals surface area (Å²) in [5, 5.41) is 19.6. The van der Waals surface area contributed by atoms with Crippen LogP contribution in [0.4, 0.5) is 0 Å². The molecule has 132 valence electrons. The number of allylic oxidation sites excluding steroid dienone is 4. The van der Waals surface area contributed by atoms with E-state index < -0.39 is 17.2 Å². The molecule has 0 bridgehead atoms. The molecule has 1 heterocycles. The Bertz CT molecular complexity index is 912. The van der Waals surface area contributed by atoms with Crippen LogP contribution in [-0.2, 0) is 6.42 Å². The molecular weight excluding hydrogens is 320 g/mol. The Morgan fingerprint density at radius 2 is 1.92 bits per heavy atom. The van der Waals surface area contributed by atoms with Gasteiger partial charge in [0.25, 0.3) is 0 Å². The number of carbonyl (C=O) groups is 1. The second kappa shape index (κ2) is 7.83. The molecule has 0 amide bonds. The van der Waals surface area contributed by atoms with Gasteiger partial charge in [0.2, 0.25) is 0 Å². The summed E-state index contributed by atoms with van der Waals surface area (Å²) >= 11 is 0. The Balaban J connectivity index is 2.36. The average molecular weight is 342 g/mol. The van der Waals surface area contributed by atoms with Gasteiger partial charge in [-0.3, -0.25) is 0 Å². The van der Waals surface area contributed by atoms with Crippen LogP contribution in [0.5, 0.6) is 5.75 Å². The molecule has 0 aliphatic carbocycles. The van der Waals surface area contributed by atoms with Crippen molar-refractivity contribution in [2.75, 3.05) is 0 Å². The Morgan fingerprint density at radius 3 is 2.56 bits per heavy atom. The number of carboxylic acid groups (broad SMARTS) is 1. The second-order valence-electron chi connectivity index (χ2n) is 6.31. The molecule has 25 heavy (non-hydrogen) atoms. The van der Waals surface area contributed by atoms with Crippen LogP contribution in [0.2, 0.25) is 0 Å². The predicted octanol–water partition coefficient (Wildman–Crippen LogP) is 4.43. The lowest BCUT2D eigenvalue weighted by atomic mass is 10.0. The predicted molar refractivity (Wildman–Crippen MR) is 97.2 cm³/mol. The molecule has 5 heteroatoms. The average Bonchev–Trinajstić information content (AvgIpc) is 2.53. The number of hydrogen-bond acceptors (Lipinski definition) is 4. The van der Waals surface area contributed by atoms with Crippen LogP contribution in [0.15, 0.2) is 50.7 Å². The molecule has 5 nitrogen and oxygen atoms in total. The first-order valence-corrected chi connectivity index (χ1v) is 8.10. The van der Waals surface area contributed by atoms with Crippen molar-refractivity contribution in [1.29, 1.82) is 0 Å². The van der Waals surface area contributed by atoms with Crippen molar-refractivity contribution >= 4 is 16.9 Å². The van der Waals surface area contributed by atoms with Crippen molar-refractivity contribution in [2.24, 2.45) is 0 Å². The summed E-state index contributed by atoms with van der Waals surface area (Å²) in [6.07, 6.45) is 6.41. The third-order valence-corrected chi connectivity index (χ3v) is 3.96. The van der Waals surface area contributed by atoms with Crippen LogP contribution < -0.4 is 5.63 Å². The molecule has 1 aromatic carbocycles. The molecule has 2 aromatic rings. The lowest BCUT2D eigenvalue weighted by Crippen LogP contribution is -2.13. The summed E-state index contributed by atoms with van der Waals surface area (Å²) in [6, 6.07) is 4.29. The van der Waals surface area contributed by atoms with Crippen LogP contribution >= 0.6 is 0 Å². The first-order valence-electron chi connectivity index (χ1n) is 8.10. The summed E-state index contributed by atoms with van der Waals surface area (Å²) in [4.78, 5) is 22.9. The van der Waals surface area contributed by atoms with Gasteiger partial charge in [-0.15, -0.1) is 0 Å². The van der Waals surface area contributed by atoms with Crippen LogP contribution in [-0.4, -0.2) is 16.2 Å². The maximum atomic E-state index is 11.8. The Kier molecular flexibility index (Phi) is 5.80. The Morgan fingerprint density at radius 1 is 1.20 bits per heavy atom. The van der Waals surface area contributed by atoms with E-state index in [0.717, 1.165) is 12.8 Å². The van der Waals surface area contributed by atoms with E-state index in [4.69, 9.17) is 9.52 Å². The van der Waals surface area contributed by atoms with Gasteiger partial charge < -0.3 is 14.6 Å². The standard InChI is InChI=1S/C20H22O5/c1-12(2)5-4-6-13(3)7-9-15-17(21)10-8-14-11-16(19(22)23)20(24)25-18(14)15/h5,7-8,10-11,21H,4,6,9H2,1-3H3,(H,22,23). The maximum Gasteiger partial charge on any atom is 0.351 e. The Hall–Kier alpha value is -2.82. The van der Waals surface area contributed by atoms with Gasteiger partial charge in [0.1, 0.15) is 16.9 Å². The van der Waals surface area contributed by atoms with Gasteiger partial charge in [0.05, 0.1) is 0 Å². The number of aromatic hydroxyl groups is 1. The molecule has 2 rings (SSSR count). The number of aromatic carboxylic acids is 1. The molecule has 0 radical (unpaired) electrons. The van der Waals surface area contributed by atoms with Crippen molar-refractivity contribution in [3.05, 3.63) is 63.0 Å². The second-order valence-corrected chi connectivity index (χ2v) is 6.31. The molecule has 2 N–H and O–H groups in total. The van der Waals surface area contributed by atoms with Gasteiger partial charge in [-0.25, -0.2) is 9.59 Å². The molecular formula is C20H22O5. The van der Waals surface area contributed by atoms with Crippen molar-refractivity contribution in [3.8, 4) is 5.75 Å². The number of phenols is 1.